The first kappa shape index (κ1) is 11.4. The fraction of sp³-hybridized carbons (Fsp3) is 0.312. The van der Waals surface area contributed by atoms with Gasteiger partial charge in [0.05, 0.1) is 0 Å². The third-order valence-electron chi connectivity index (χ3n) is 3.68. The first-order valence-corrected chi connectivity index (χ1v) is 6.58. The molecule has 0 unspecified atom stereocenters. The Hall–Kier alpha value is -1.67. The van der Waals surface area contributed by atoms with Crippen LogP contribution < -0.4 is 0 Å². The van der Waals surface area contributed by atoms with Gasteiger partial charge in [0.15, 0.2) is 0 Å². The third kappa shape index (κ3) is 2.59. The quantitative estimate of drug-likeness (QED) is 0.817. The topological polar surface area (TPSA) is 16.1 Å². The van der Waals surface area contributed by atoms with E-state index in [1.807, 2.05) is 18.5 Å². The number of hydrogen-bond donors (Lipinski definition) is 0. The summed E-state index contributed by atoms with van der Waals surface area (Å²) in [5, 5.41) is 0. The molecule has 0 N–H and O–H groups in total. The molecule has 1 aromatic heterocycles. The average molecular weight is 238 g/mol. The molecule has 1 aliphatic rings. The van der Waals surface area contributed by atoms with E-state index in [4.69, 9.17) is 0 Å². The molecule has 0 amide bonds. The molecule has 1 atom stereocenters. The summed E-state index contributed by atoms with van der Waals surface area (Å²) in [6.07, 6.45) is 5.11. The monoisotopic (exact) mass is 238 g/mol. The van der Waals surface area contributed by atoms with Gasteiger partial charge in [0.1, 0.15) is 0 Å². The Bertz CT molecular complexity index is 481. The molecule has 1 aliphatic heterocycles. The lowest BCUT2D eigenvalue weighted by Gasteiger charge is -2.16. The molecule has 18 heavy (non-hydrogen) atoms. The van der Waals surface area contributed by atoms with E-state index in [0.29, 0.717) is 5.92 Å². The van der Waals surface area contributed by atoms with E-state index in [2.05, 4.69) is 46.3 Å². The second kappa shape index (κ2) is 5.32. The Labute approximate surface area is 108 Å². The van der Waals surface area contributed by atoms with Crippen molar-refractivity contribution in [3.63, 3.8) is 0 Å². The average Bonchev–Trinajstić information content (AvgIpc) is 2.89. The highest BCUT2D eigenvalue weighted by Gasteiger charge is 2.23. The minimum absolute atomic E-state index is 0.655. The van der Waals surface area contributed by atoms with Gasteiger partial charge < -0.3 is 0 Å². The van der Waals surface area contributed by atoms with Crippen LogP contribution in [-0.2, 0) is 6.54 Å². The molecule has 1 fully saturated rings. The fourth-order valence-corrected chi connectivity index (χ4v) is 2.71. The van der Waals surface area contributed by atoms with E-state index in [1.54, 1.807) is 0 Å². The van der Waals surface area contributed by atoms with Crippen molar-refractivity contribution in [3.8, 4) is 0 Å². The Morgan fingerprint density at radius 1 is 1.11 bits per heavy atom. The predicted octanol–water partition coefficient (Wildman–Crippen LogP) is 3.07. The van der Waals surface area contributed by atoms with Crippen molar-refractivity contribution in [2.45, 2.75) is 18.9 Å². The number of pyridine rings is 1. The van der Waals surface area contributed by atoms with Crippen molar-refractivity contribution >= 4 is 0 Å². The van der Waals surface area contributed by atoms with Gasteiger partial charge >= 0.3 is 0 Å². The van der Waals surface area contributed by atoms with Crippen molar-refractivity contribution in [2.24, 2.45) is 0 Å². The minimum atomic E-state index is 0.655. The number of hydrogen-bond acceptors (Lipinski definition) is 2. The summed E-state index contributed by atoms with van der Waals surface area (Å²) in [5.41, 5.74) is 2.79. The first-order chi connectivity index (χ1) is 8.92. The van der Waals surface area contributed by atoms with Crippen molar-refractivity contribution < 1.29 is 0 Å². The van der Waals surface area contributed by atoms with Gasteiger partial charge in [0, 0.05) is 25.5 Å². The van der Waals surface area contributed by atoms with Crippen LogP contribution in [0.4, 0.5) is 0 Å². The summed E-state index contributed by atoms with van der Waals surface area (Å²) in [6, 6.07) is 15.0. The Morgan fingerprint density at radius 3 is 2.78 bits per heavy atom. The van der Waals surface area contributed by atoms with E-state index >= 15 is 0 Å². The van der Waals surface area contributed by atoms with Crippen LogP contribution in [0.3, 0.4) is 0 Å². The lowest BCUT2D eigenvalue weighted by atomic mass is 10.0. The van der Waals surface area contributed by atoms with Gasteiger partial charge in [-0.25, -0.2) is 0 Å². The van der Waals surface area contributed by atoms with E-state index in [9.17, 15) is 0 Å². The molecule has 92 valence electrons. The van der Waals surface area contributed by atoms with Crippen molar-refractivity contribution in [3.05, 3.63) is 66.0 Å². The molecule has 0 bridgehead atoms. The maximum atomic E-state index is 4.22. The first-order valence-electron chi connectivity index (χ1n) is 6.58. The number of benzene rings is 1. The van der Waals surface area contributed by atoms with Crippen LogP contribution in [0.1, 0.15) is 23.5 Å². The predicted molar refractivity (Wildman–Crippen MR) is 73.3 cm³/mol. The Morgan fingerprint density at radius 2 is 2.00 bits per heavy atom. The summed E-state index contributed by atoms with van der Waals surface area (Å²) >= 11 is 0. The van der Waals surface area contributed by atoms with Crippen LogP contribution in [0.5, 0.6) is 0 Å². The van der Waals surface area contributed by atoms with Crippen LogP contribution >= 0.6 is 0 Å². The zero-order valence-electron chi connectivity index (χ0n) is 10.5. The summed E-state index contributed by atoms with van der Waals surface area (Å²) in [6.45, 7) is 3.41. The molecular formula is C16H18N2. The molecule has 1 aromatic carbocycles. The molecule has 1 saturated heterocycles. The second-order valence-corrected chi connectivity index (χ2v) is 4.99. The SMILES string of the molecule is c1ccc(CN2CC[C@H](c3cccnc3)C2)cc1. The summed E-state index contributed by atoms with van der Waals surface area (Å²) < 4.78 is 0. The van der Waals surface area contributed by atoms with Crippen molar-refractivity contribution in [2.75, 3.05) is 13.1 Å². The van der Waals surface area contributed by atoms with Gasteiger partial charge in [-0.05, 0) is 36.1 Å². The van der Waals surface area contributed by atoms with Crippen LogP contribution in [0.2, 0.25) is 0 Å². The highest BCUT2D eigenvalue weighted by atomic mass is 15.1. The van der Waals surface area contributed by atoms with Gasteiger partial charge in [-0.15, -0.1) is 0 Å². The largest absolute Gasteiger partial charge is 0.298 e. The zero-order chi connectivity index (χ0) is 12.2. The maximum Gasteiger partial charge on any atom is 0.0303 e. The fourth-order valence-electron chi connectivity index (χ4n) is 2.71. The van der Waals surface area contributed by atoms with Crippen LogP contribution in [0.25, 0.3) is 0 Å². The highest BCUT2D eigenvalue weighted by Crippen LogP contribution is 2.27. The van der Waals surface area contributed by atoms with Gasteiger partial charge in [-0.3, -0.25) is 9.88 Å². The molecular weight excluding hydrogens is 220 g/mol. The van der Waals surface area contributed by atoms with E-state index in [1.165, 1.54) is 24.1 Å². The van der Waals surface area contributed by atoms with Gasteiger partial charge in [-0.1, -0.05) is 36.4 Å². The molecule has 2 heteroatoms. The van der Waals surface area contributed by atoms with Crippen molar-refractivity contribution in [1.29, 1.82) is 0 Å². The summed E-state index contributed by atoms with van der Waals surface area (Å²) in [5.74, 6) is 0.655. The second-order valence-electron chi connectivity index (χ2n) is 4.99. The zero-order valence-corrected chi connectivity index (χ0v) is 10.5. The maximum absolute atomic E-state index is 4.22. The van der Waals surface area contributed by atoms with Crippen LogP contribution in [-0.4, -0.2) is 23.0 Å². The molecule has 0 saturated carbocycles. The minimum Gasteiger partial charge on any atom is -0.298 e. The lowest BCUT2D eigenvalue weighted by Crippen LogP contribution is -2.19. The van der Waals surface area contributed by atoms with Gasteiger partial charge in [-0.2, -0.15) is 0 Å². The molecule has 2 nitrogen and oxygen atoms in total. The van der Waals surface area contributed by atoms with Gasteiger partial charge in [0.25, 0.3) is 0 Å². The lowest BCUT2D eigenvalue weighted by molar-refractivity contribution is 0.327. The smallest absolute Gasteiger partial charge is 0.0303 e. The summed E-state index contributed by atoms with van der Waals surface area (Å²) in [4.78, 5) is 6.75. The Balaban J connectivity index is 1.62. The van der Waals surface area contributed by atoms with Gasteiger partial charge in [0.2, 0.25) is 0 Å². The standard InChI is InChI=1S/C16H18N2/c1-2-5-14(6-3-1)12-18-10-8-16(13-18)15-7-4-9-17-11-15/h1-7,9,11,16H,8,10,12-13H2/t16-/m0/s1. The molecule has 0 radical (unpaired) electrons. The normalized spacial score (nSPS) is 20.1. The van der Waals surface area contributed by atoms with E-state index in [0.717, 1.165) is 13.1 Å². The Kier molecular flexibility index (Phi) is 3.37. The third-order valence-corrected chi connectivity index (χ3v) is 3.68. The highest BCUT2D eigenvalue weighted by molar-refractivity contribution is 5.18. The van der Waals surface area contributed by atoms with Crippen LogP contribution in [0, 0.1) is 0 Å². The van der Waals surface area contributed by atoms with Crippen LogP contribution in [0.15, 0.2) is 54.9 Å². The molecule has 0 spiro atoms. The van der Waals surface area contributed by atoms with Crippen molar-refractivity contribution in [1.82, 2.24) is 9.88 Å². The molecule has 2 aromatic rings. The molecule has 0 aliphatic carbocycles. The molecule has 2 heterocycles. The van der Waals surface area contributed by atoms with E-state index < -0.39 is 0 Å². The number of likely N-dealkylation sites (tertiary alicyclic amines) is 1. The molecule has 3 rings (SSSR count). The number of rotatable bonds is 3. The summed E-state index contributed by atoms with van der Waals surface area (Å²) in [7, 11) is 0. The number of nitrogens with zero attached hydrogens (tertiary/aromatic N) is 2. The number of aromatic nitrogens is 1. The van der Waals surface area contributed by atoms with E-state index in [-0.39, 0.29) is 0 Å².